The van der Waals surface area contributed by atoms with Crippen molar-refractivity contribution in [1.82, 2.24) is 9.55 Å². The van der Waals surface area contributed by atoms with Gasteiger partial charge in [0.1, 0.15) is 38.1 Å². The number of rotatable bonds is 7. The third-order valence-electron chi connectivity index (χ3n) is 4.70. The number of esters is 1. The van der Waals surface area contributed by atoms with Crippen molar-refractivity contribution >= 4 is 39.9 Å². The van der Waals surface area contributed by atoms with E-state index in [1.165, 1.54) is 10.8 Å². The quantitative estimate of drug-likeness (QED) is 0.270. The van der Waals surface area contributed by atoms with Gasteiger partial charge in [-0.25, -0.2) is 14.3 Å². The third kappa shape index (κ3) is 4.65. The molecular weight excluding hydrogens is 482 g/mol. The molecule has 1 aliphatic rings. The lowest BCUT2D eigenvalue weighted by Gasteiger charge is -2.20. The Morgan fingerprint density at radius 3 is 2.81 bits per heavy atom. The number of halogens is 1. The Labute approximate surface area is 191 Å². The first-order valence-electron chi connectivity index (χ1n) is 9.73. The van der Waals surface area contributed by atoms with Crippen LogP contribution in [0.4, 0.5) is 5.82 Å². The van der Waals surface area contributed by atoms with Gasteiger partial charge in [-0.15, -0.1) is 0 Å². The minimum absolute atomic E-state index is 0.0596. The van der Waals surface area contributed by atoms with Crippen molar-refractivity contribution in [3.63, 3.8) is 0 Å². The summed E-state index contributed by atoms with van der Waals surface area (Å²) in [5, 5.41) is 11.4. The zero-order valence-corrected chi connectivity index (χ0v) is 18.4. The average Bonchev–Trinajstić information content (AvgIpc) is 3.21. The Balaban J connectivity index is 1.48. The summed E-state index contributed by atoms with van der Waals surface area (Å²) < 4.78 is 18.6. The van der Waals surface area contributed by atoms with Gasteiger partial charge in [-0.1, -0.05) is 40.2 Å². The zero-order valence-electron chi connectivity index (χ0n) is 16.8. The van der Waals surface area contributed by atoms with Gasteiger partial charge in [0.2, 0.25) is 5.82 Å². The van der Waals surface area contributed by atoms with Crippen molar-refractivity contribution in [2.24, 2.45) is 0 Å². The molecule has 1 aromatic heterocycles. The van der Waals surface area contributed by atoms with Crippen LogP contribution in [0.25, 0.3) is 12.2 Å². The Morgan fingerprint density at radius 2 is 2.00 bits per heavy atom. The molecule has 0 saturated heterocycles. The molecule has 9 nitrogen and oxygen atoms in total. The number of ether oxygens (including phenoxy) is 3. The number of carbonyl (C=O) groups is 1. The summed E-state index contributed by atoms with van der Waals surface area (Å²) in [6.07, 6.45) is 4.65. The topological polar surface area (TPSA) is 106 Å². The summed E-state index contributed by atoms with van der Waals surface area (Å²) in [5.74, 6) is 0.407. The van der Waals surface area contributed by atoms with Crippen molar-refractivity contribution in [3.05, 3.63) is 80.2 Å². The summed E-state index contributed by atoms with van der Waals surface area (Å²) in [6, 6.07) is 12.5. The standard InChI is InChI=1S/C22H18BrN3O6/c23-17-6-2-1-4-15(17)8-9-19-24-14-20(26(28)29)25(19)10-11-32-22(27)16-5-3-7-18-21(16)31-13-12-30-18/h1-9,14H,10-13H2/b9-8-. The molecule has 0 N–H and O–H groups in total. The van der Waals surface area contributed by atoms with Crippen LogP contribution in [0, 0.1) is 10.1 Å². The summed E-state index contributed by atoms with van der Waals surface area (Å²) in [5.41, 5.74) is 1.14. The van der Waals surface area contributed by atoms with Gasteiger partial charge in [0, 0.05) is 10.5 Å². The van der Waals surface area contributed by atoms with E-state index in [4.69, 9.17) is 14.2 Å². The first-order chi connectivity index (χ1) is 15.5. The van der Waals surface area contributed by atoms with Gasteiger partial charge in [0.05, 0.1) is 0 Å². The molecule has 0 atom stereocenters. The fourth-order valence-corrected chi connectivity index (χ4v) is 3.62. The molecular formula is C22H18BrN3O6. The molecule has 2 aromatic carbocycles. The van der Waals surface area contributed by atoms with Gasteiger partial charge in [-0.05, 0) is 34.8 Å². The molecule has 0 amide bonds. The zero-order chi connectivity index (χ0) is 22.5. The molecule has 0 saturated carbocycles. The van der Waals surface area contributed by atoms with Crippen molar-refractivity contribution < 1.29 is 23.9 Å². The highest BCUT2D eigenvalue weighted by atomic mass is 79.9. The second-order valence-corrected chi connectivity index (χ2v) is 7.56. The number of fused-ring (bicyclic) bond motifs is 1. The Kier molecular flexibility index (Phi) is 6.50. The van der Waals surface area contributed by atoms with Crippen LogP contribution in [-0.4, -0.2) is 40.3 Å². The highest BCUT2D eigenvalue weighted by Gasteiger charge is 2.23. The Hall–Kier alpha value is -3.66. The van der Waals surface area contributed by atoms with Crippen LogP contribution >= 0.6 is 15.9 Å². The Morgan fingerprint density at radius 1 is 1.19 bits per heavy atom. The number of hydrogen-bond donors (Lipinski definition) is 0. The van der Waals surface area contributed by atoms with Crippen molar-refractivity contribution in [2.75, 3.05) is 19.8 Å². The lowest BCUT2D eigenvalue weighted by atomic mass is 10.2. The lowest BCUT2D eigenvalue weighted by Crippen LogP contribution is -2.19. The van der Waals surface area contributed by atoms with Gasteiger partial charge in [-0.2, -0.15) is 0 Å². The normalized spacial score (nSPS) is 12.7. The number of benzene rings is 2. The van der Waals surface area contributed by atoms with E-state index in [1.807, 2.05) is 24.3 Å². The number of aromatic nitrogens is 2. The largest absolute Gasteiger partial charge is 0.486 e. The minimum Gasteiger partial charge on any atom is -0.486 e. The van der Waals surface area contributed by atoms with Gasteiger partial charge < -0.3 is 24.3 Å². The fourth-order valence-electron chi connectivity index (χ4n) is 3.20. The molecule has 4 rings (SSSR count). The summed E-state index contributed by atoms with van der Waals surface area (Å²) in [6.45, 7) is 0.720. The average molecular weight is 500 g/mol. The monoisotopic (exact) mass is 499 g/mol. The van der Waals surface area contributed by atoms with Crippen molar-refractivity contribution in [2.45, 2.75) is 6.54 Å². The fraction of sp³-hybridized carbons (Fsp3) is 0.182. The molecule has 0 fully saturated rings. The van der Waals surface area contributed by atoms with Crippen LogP contribution in [0.2, 0.25) is 0 Å². The third-order valence-corrected chi connectivity index (χ3v) is 5.43. The van der Waals surface area contributed by atoms with Crippen molar-refractivity contribution in [1.29, 1.82) is 0 Å². The highest BCUT2D eigenvalue weighted by Crippen LogP contribution is 2.34. The first-order valence-corrected chi connectivity index (χ1v) is 10.5. The van der Waals surface area contributed by atoms with E-state index < -0.39 is 10.9 Å². The van der Waals surface area contributed by atoms with E-state index in [0.717, 1.165) is 10.0 Å². The molecule has 1 aliphatic heterocycles. The molecule has 0 spiro atoms. The van der Waals surface area contributed by atoms with E-state index in [0.29, 0.717) is 30.5 Å². The van der Waals surface area contributed by atoms with Gasteiger partial charge in [-0.3, -0.25) is 0 Å². The van der Waals surface area contributed by atoms with Crippen LogP contribution < -0.4 is 9.47 Å². The molecule has 0 bridgehead atoms. The molecule has 2 heterocycles. The van der Waals surface area contributed by atoms with E-state index in [9.17, 15) is 14.9 Å². The Bertz CT molecular complexity index is 1190. The minimum atomic E-state index is -0.597. The first kappa shape index (κ1) is 21.6. The molecule has 164 valence electrons. The number of hydrogen-bond acceptors (Lipinski definition) is 7. The predicted molar refractivity (Wildman–Crippen MR) is 120 cm³/mol. The summed E-state index contributed by atoms with van der Waals surface area (Å²) in [7, 11) is 0. The predicted octanol–water partition coefficient (Wildman–Crippen LogP) is 4.35. The van der Waals surface area contributed by atoms with Crippen molar-refractivity contribution in [3.8, 4) is 11.5 Å². The van der Waals surface area contributed by atoms with E-state index in [-0.39, 0.29) is 24.5 Å². The summed E-state index contributed by atoms with van der Waals surface area (Å²) in [4.78, 5) is 27.6. The maximum atomic E-state index is 12.6. The van der Waals surface area contributed by atoms with Crippen LogP contribution in [-0.2, 0) is 11.3 Å². The smallest absolute Gasteiger partial charge is 0.343 e. The van der Waals surface area contributed by atoms with Crippen LogP contribution in [0.5, 0.6) is 11.5 Å². The second kappa shape index (κ2) is 9.65. The lowest BCUT2D eigenvalue weighted by molar-refractivity contribution is -0.392. The number of para-hydroxylation sites is 1. The van der Waals surface area contributed by atoms with E-state index in [1.54, 1.807) is 30.4 Å². The molecule has 0 aliphatic carbocycles. The van der Waals surface area contributed by atoms with Crippen LogP contribution in [0.1, 0.15) is 21.7 Å². The van der Waals surface area contributed by atoms with E-state index >= 15 is 0 Å². The number of nitro groups is 1. The number of carbonyl (C=O) groups excluding carboxylic acids is 1. The SMILES string of the molecule is O=C(OCCn1c([N+](=O)[O-])cnc1/C=C\c1ccccc1Br)c1cccc2c1OCCO2. The van der Waals surface area contributed by atoms with Crippen LogP contribution in [0.3, 0.4) is 0 Å². The van der Waals surface area contributed by atoms with E-state index in [2.05, 4.69) is 20.9 Å². The van der Waals surface area contributed by atoms with Gasteiger partial charge in [0.25, 0.3) is 0 Å². The number of imidazole rings is 1. The molecule has 0 radical (unpaired) electrons. The van der Waals surface area contributed by atoms with Crippen LogP contribution in [0.15, 0.2) is 53.1 Å². The maximum absolute atomic E-state index is 12.6. The highest BCUT2D eigenvalue weighted by molar-refractivity contribution is 9.10. The summed E-state index contributed by atoms with van der Waals surface area (Å²) >= 11 is 3.46. The molecule has 3 aromatic rings. The van der Waals surface area contributed by atoms with Gasteiger partial charge >= 0.3 is 11.8 Å². The molecule has 0 unspecified atom stereocenters. The maximum Gasteiger partial charge on any atom is 0.343 e. The second-order valence-electron chi connectivity index (χ2n) is 6.70. The number of nitrogens with zero attached hydrogens (tertiary/aromatic N) is 3. The molecule has 32 heavy (non-hydrogen) atoms. The molecule has 10 heteroatoms. The van der Waals surface area contributed by atoms with Gasteiger partial charge in [0.15, 0.2) is 11.5 Å².